The first kappa shape index (κ1) is 12.1. The van der Waals surface area contributed by atoms with Gasteiger partial charge in [0, 0.05) is 18.0 Å². The van der Waals surface area contributed by atoms with E-state index in [2.05, 4.69) is 9.97 Å². The van der Waals surface area contributed by atoms with Gasteiger partial charge < -0.3 is 4.74 Å². The second-order valence-corrected chi connectivity index (χ2v) is 3.86. The summed E-state index contributed by atoms with van der Waals surface area (Å²) in [6.45, 7) is 0. The molecule has 3 nitrogen and oxygen atoms in total. The van der Waals surface area contributed by atoms with Crippen molar-refractivity contribution in [1.29, 1.82) is 0 Å². The second kappa shape index (κ2) is 5.29. The number of halogens is 3. The molecule has 0 aliphatic carbocycles. The summed E-state index contributed by atoms with van der Waals surface area (Å²) >= 11 is 11.4. The number of alkyl halides is 1. The predicted molar refractivity (Wildman–Crippen MR) is 63.1 cm³/mol. The minimum atomic E-state index is -0.430. The van der Waals surface area contributed by atoms with E-state index in [1.807, 2.05) is 0 Å². The molecule has 88 valence electrons. The zero-order valence-corrected chi connectivity index (χ0v) is 10.0. The monoisotopic (exact) mass is 272 g/mol. The minimum Gasteiger partial charge on any atom is -0.423 e. The topological polar surface area (TPSA) is 35.0 Å². The standard InChI is InChI=1S/C11H7Cl2FN2O/c12-4-7-5-15-11(16-6-7)17-10-2-1-8(14)3-9(10)13/h1-3,5-6H,4H2. The lowest BCUT2D eigenvalue weighted by Gasteiger charge is -2.05. The average Bonchev–Trinajstić information content (AvgIpc) is 2.34. The van der Waals surface area contributed by atoms with Crippen LogP contribution >= 0.6 is 23.2 Å². The number of ether oxygens (including phenoxy) is 1. The van der Waals surface area contributed by atoms with Gasteiger partial charge in [0.15, 0.2) is 0 Å². The summed E-state index contributed by atoms with van der Waals surface area (Å²) in [5, 5.41) is 0.162. The van der Waals surface area contributed by atoms with E-state index in [-0.39, 0.29) is 11.0 Å². The van der Waals surface area contributed by atoms with Crippen molar-refractivity contribution in [3.05, 3.63) is 47.0 Å². The van der Waals surface area contributed by atoms with Crippen LogP contribution < -0.4 is 4.74 Å². The van der Waals surface area contributed by atoms with Crippen LogP contribution in [0.25, 0.3) is 0 Å². The van der Waals surface area contributed by atoms with Crippen molar-refractivity contribution in [2.75, 3.05) is 0 Å². The molecule has 6 heteroatoms. The minimum absolute atomic E-state index is 0.132. The maximum atomic E-state index is 12.8. The Kier molecular flexibility index (Phi) is 3.76. The van der Waals surface area contributed by atoms with Gasteiger partial charge in [-0.05, 0) is 18.2 Å². The fourth-order valence-corrected chi connectivity index (χ4v) is 1.46. The van der Waals surface area contributed by atoms with E-state index < -0.39 is 5.82 Å². The van der Waals surface area contributed by atoms with Crippen molar-refractivity contribution in [2.24, 2.45) is 0 Å². The number of benzene rings is 1. The van der Waals surface area contributed by atoms with E-state index >= 15 is 0 Å². The summed E-state index contributed by atoms with van der Waals surface area (Å²) in [4.78, 5) is 7.88. The second-order valence-electron chi connectivity index (χ2n) is 3.18. The number of hydrogen-bond acceptors (Lipinski definition) is 3. The summed E-state index contributed by atoms with van der Waals surface area (Å²) in [6, 6.07) is 3.95. The van der Waals surface area contributed by atoms with E-state index in [0.29, 0.717) is 11.6 Å². The van der Waals surface area contributed by atoms with Gasteiger partial charge in [-0.25, -0.2) is 14.4 Å². The van der Waals surface area contributed by atoms with Crippen molar-refractivity contribution < 1.29 is 9.13 Å². The Morgan fingerprint density at radius 3 is 2.53 bits per heavy atom. The Balaban J connectivity index is 2.19. The van der Waals surface area contributed by atoms with Gasteiger partial charge in [0.1, 0.15) is 11.6 Å². The highest BCUT2D eigenvalue weighted by Gasteiger charge is 2.06. The summed E-state index contributed by atoms with van der Waals surface area (Å²) in [5.41, 5.74) is 0.782. The van der Waals surface area contributed by atoms with Crippen LogP contribution in [0.3, 0.4) is 0 Å². The lowest BCUT2D eigenvalue weighted by molar-refractivity contribution is 0.440. The van der Waals surface area contributed by atoms with Gasteiger partial charge in [0.2, 0.25) is 0 Å². The highest BCUT2D eigenvalue weighted by molar-refractivity contribution is 6.32. The van der Waals surface area contributed by atoms with Crippen molar-refractivity contribution in [3.63, 3.8) is 0 Å². The Labute approximate surface area is 107 Å². The molecule has 2 aromatic rings. The van der Waals surface area contributed by atoms with E-state index in [1.54, 1.807) is 12.4 Å². The summed E-state index contributed by atoms with van der Waals surface area (Å²) in [5.74, 6) is 0.199. The molecule has 1 aromatic carbocycles. The fourth-order valence-electron chi connectivity index (χ4n) is 1.12. The molecule has 2 rings (SSSR count). The third kappa shape index (κ3) is 3.05. The molecule has 17 heavy (non-hydrogen) atoms. The SMILES string of the molecule is Fc1ccc(Oc2ncc(CCl)cn2)c(Cl)c1. The third-order valence-corrected chi connectivity index (χ3v) is 2.54. The lowest BCUT2D eigenvalue weighted by atomic mass is 10.3. The first-order chi connectivity index (χ1) is 8.19. The summed E-state index contributed by atoms with van der Waals surface area (Å²) in [7, 11) is 0. The van der Waals surface area contributed by atoms with E-state index in [1.165, 1.54) is 12.1 Å². The van der Waals surface area contributed by atoms with Gasteiger partial charge in [-0.2, -0.15) is 0 Å². The molecule has 0 saturated heterocycles. The molecule has 0 amide bonds. The van der Waals surface area contributed by atoms with Crippen LogP contribution in [0.15, 0.2) is 30.6 Å². The van der Waals surface area contributed by atoms with Gasteiger partial charge in [-0.3, -0.25) is 0 Å². The van der Waals surface area contributed by atoms with Crippen molar-refractivity contribution in [3.8, 4) is 11.8 Å². The van der Waals surface area contributed by atoms with Gasteiger partial charge in [-0.15, -0.1) is 11.6 Å². The molecule has 0 radical (unpaired) electrons. The van der Waals surface area contributed by atoms with Crippen LogP contribution in [0.4, 0.5) is 4.39 Å². The zero-order valence-electron chi connectivity index (χ0n) is 8.53. The third-order valence-electron chi connectivity index (χ3n) is 1.93. The molecular formula is C11H7Cl2FN2O. The summed E-state index contributed by atoms with van der Waals surface area (Å²) < 4.78 is 18.1. The molecule has 0 atom stereocenters. The summed E-state index contributed by atoms with van der Waals surface area (Å²) in [6.07, 6.45) is 3.10. The number of aromatic nitrogens is 2. The largest absolute Gasteiger partial charge is 0.423 e. The smallest absolute Gasteiger partial charge is 0.321 e. The van der Waals surface area contributed by atoms with Gasteiger partial charge in [0.25, 0.3) is 0 Å². The van der Waals surface area contributed by atoms with Crippen LogP contribution in [0.2, 0.25) is 5.02 Å². The van der Waals surface area contributed by atoms with Crippen LogP contribution in [0.1, 0.15) is 5.56 Å². The molecule has 0 bridgehead atoms. The maximum absolute atomic E-state index is 12.8. The molecule has 1 aromatic heterocycles. The number of rotatable bonds is 3. The van der Waals surface area contributed by atoms with Gasteiger partial charge in [0.05, 0.1) is 10.9 Å². The molecule has 0 aliphatic heterocycles. The van der Waals surface area contributed by atoms with Crippen LogP contribution in [0.5, 0.6) is 11.8 Å². The molecule has 0 N–H and O–H groups in total. The van der Waals surface area contributed by atoms with Gasteiger partial charge >= 0.3 is 6.01 Å². The Morgan fingerprint density at radius 1 is 1.24 bits per heavy atom. The van der Waals surface area contributed by atoms with Crippen molar-refractivity contribution >= 4 is 23.2 Å². The molecule has 0 spiro atoms. The lowest BCUT2D eigenvalue weighted by Crippen LogP contribution is -1.93. The number of hydrogen-bond donors (Lipinski definition) is 0. The highest BCUT2D eigenvalue weighted by atomic mass is 35.5. The predicted octanol–water partition coefficient (Wildman–Crippen LogP) is 3.80. The molecule has 0 unspecified atom stereocenters. The first-order valence-electron chi connectivity index (χ1n) is 4.69. The Hall–Kier alpha value is -1.39. The maximum Gasteiger partial charge on any atom is 0.321 e. The van der Waals surface area contributed by atoms with E-state index in [9.17, 15) is 4.39 Å². The highest BCUT2D eigenvalue weighted by Crippen LogP contribution is 2.27. The Bertz CT molecular complexity index is 519. The number of nitrogens with zero attached hydrogens (tertiary/aromatic N) is 2. The zero-order chi connectivity index (χ0) is 12.3. The first-order valence-corrected chi connectivity index (χ1v) is 5.60. The quantitative estimate of drug-likeness (QED) is 0.798. The van der Waals surface area contributed by atoms with Crippen LogP contribution in [0, 0.1) is 5.82 Å². The molecule has 0 saturated carbocycles. The van der Waals surface area contributed by atoms with E-state index in [0.717, 1.165) is 11.6 Å². The molecule has 0 fully saturated rings. The molecule has 1 heterocycles. The fraction of sp³-hybridized carbons (Fsp3) is 0.0909. The van der Waals surface area contributed by atoms with Crippen LogP contribution in [-0.2, 0) is 5.88 Å². The molecular weight excluding hydrogens is 266 g/mol. The Morgan fingerprint density at radius 2 is 1.94 bits per heavy atom. The average molecular weight is 273 g/mol. The van der Waals surface area contributed by atoms with E-state index in [4.69, 9.17) is 27.9 Å². The van der Waals surface area contributed by atoms with Crippen molar-refractivity contribution in [2.45, 2.75) is 5.88 Å². The van der Waals surface area contributed by atoms with Gasteiger partial charge in [-0.1, -0.05) is 11.6 Å². The van der Waals surface area contributed by atoms with Crippen LogP contribution in [-0.4, -0.2) is 9.97 Å². The molecule has 0 aliphatic rings. The van der Waals surface area contributed by atoms with Crippen molar-refractivity contribution in [1.82, 2.24) is 9.97 Å². The normalized spacial score (nSPS) is 10.3.